The number of carbonyl (C=O) groups is 1. The van der Waals surface area contributed by atoms with Crippen molar-refractivity contribution < 1.29 is 9.90 Å². The van der Waals surface area contributed by atoms with Crippen molar-refractivity contribution in [2.24, 2.45) is 0 Å². The molecule has 0 radical (unpaired) electrons. The average molecular weight is 302 g/mol. The van der Waals surface area contributed by atoms with E-state index in [1.165, 1.54) is 18.1 Å². The average Bonchev–Trinajstić information content (AvgIpc) is 3.01. The Labute approximate surface area is 125 Å². The molecule has 0 saturated heterocycles. The fourth-order valence-corrected chi connectivity index (χ4v) is 3.29. The number of hydrogen-bond donors (Lipinski definition) is 2. The van der Waals surface area contributed by atoms with E-state index in [-0.39, 0.29) is 6.54 Å². The van der Waals surface area contributed by atoms with Crippen molar-refractivity contribution in [3.8, 4) is 0 Å². The summed E-state index contributed by atoms with van der Waals surface area (Å²) in [6, 6.07) is 6.01. The monoisotopic (exact) mass is 302 g/mol. The van der Waals surface area contributed by atoms with Crippen LogP contribution in [-0.2, 0) is 11.3 Å². The van der Waals surface area contributed by atoms with Gasteiger partial charge in [0.05, 0.1) is 0 Å². The molecule has 0 spiro atoms. The maximum Gasteiger partial charge on any atom is 0.323 e. The molecule has 0 unspecified atom stereocenters. The Morgan fingerprint density at radius 3 is 2.90 bits per heavy atom. The lowest BCUT2D eigenvalue weighted by Gasteiger charge is -2.04. The smallest absolute Gasteiger partial charge is 0.323 e. The lowest BCUT2D eigenvalue weighted by atomic mass is 10.2. The SMILES string of the molecule is Cc1ccc2c(c1)c(Sc1nc[nH]n1)c(C)n2CC(=O)O. The van der Waals surface area contributed by atoms with E-state index >= 15 is 0 Å². The quantitative estimate of drug-likeness (QED) is 0.774. The van der Waals surface area contributed by atoms with Crippen LogP contribution in [0.5, 0.6) is 0 Å². The molecule has 0 fully saturated rings. The summed E-state index contributed by atoms with van der Waals surface area (Å²) in [4.78, 5) is 16.2. The van der Waals surface area contributed by atoms with Crippen molar-refractivity contribution in [3.63, 3.8) is 0 Å². The molecule has 0 bridgehead atoms. The highest BCUT2D eigenvalue weighted by Gasteiger charge is 2.18. The van der Waals surface area contributed by atoms with Crippen molar-refractivity contribution in [3.05, 3.63) is 35.8 Å². The summed E-state index contributed by atoms with van der Waals surface area (Å²) in [5, 5.41) is 17.5. The second-order valence-electron chi connectivity index (χ2n) is 4.80. The van der Waals surface area contributed by atoms with Crippen LogP contribution in [0, 0.1) is 13.8 Å². The first-order valence-electron chi connectivity index (χ1n) is 6.41. The third kappa shape index (κ3) is 2.52. The molecule has 0 amide bonds. The number of nitrogens with zero attached hydrogens (tertiary/aromatic N) is 3. The Bertz CT molecular complexity index is 808. The van der Waals surface area contributed by atoms with Gasteiger partial charge in [0, 0.05) is 21.5 Å². The standard InChI is InChI=1S/C14H14N4O2S/c1-8-3-4-11-10(5-8)13(21-14-15-7-16-17-14)9(2)18(11)6-12(19)20/h3-5,7H,6H2,1-2H3,(H,19,20)(H,15,16,17). The van der Waals surface area contributed by atoms with E-state index in [9.17, 15) is 4.79 Å². The van der Waals surface area contributed by atoms with Crippen LogP contribution >= 0.6 is 11.8 Å². The molecule has 2 N–H and O–H groups in total. The summed E-state index contributed by atoms with van der Waals surface area (Å²) in [5.41, 5.74) is 2.96. The largest absolute Gasteiger partial charge is 0.480 e. The first-order chi connectivity index (χ1) is 10.1. The number of nitrogens with one attached hydrogen (secondary N) is 1. The highest BCUT2D eigenvalue weighted by molar-refractivity contribution is 7.99. The van der Waals surface area contributed by atoms with Gasteiger partial charge in [0.2, 0.25) is 5.16 Å². The number of benzene rings is 1. The summed E-state index contributed by atoms with van der Waals surface area (Å²) in [7, 11) is 0. The molecule has 3 aromatic rings. The molecular weight excluding hydrogens is 288 g/mol. The van der Waals surface area contributed by atoms with Gasteiger partial charge in [-0.25, -0.2) is 4.98 Å². The van der Waals surface area contributed by atoms with Crippen LogP contribution < -0.4 is 0 Å². The molecule has 21 heavy (non-hydrogen) atoms. The molecule has 0 aliphatic carbocycles. The lowest BCUT2D eigenvalue weighted by molar-refractivity contribution is -0.137. The number of carboxylic acids is 1. The Morgan fingerprint density at radius 1 is 1.43 bits per heavy atom. The van der Waals surface area contributed by atoms with Crippen LogP contribution in [0.1, 0.15) is 11.3 Å². The molecule has 0 saturated carbocycles. The van der Waals surface area contributed by atoms with Gasteiger partial charge in [0.15, 0.2) is 0 Å². The maximum absolute atomic E-state index is 11.1. The van der Waals surface area contributed by atoms with E-state index in [2.05, 4.69) is 21.2 Å². The number of aryl methyl sites for hydroxylation is 1. The Hall–Kier alpha value is -2.28. The van der Waals surface area contributed by atoms with Gasteiger partial charge in [-0.05, 0) is 37.7 Å². The van der Waals surface area contributed by atoms with Gasteiger partial charge in [-0.15, -0.1) is 5.10 Å². The van der Waals surface area contributed by atoms with E-state index in [0.717, 1.165) is 27.1 Å². The molecule has 2 heterocycles. The van der Waals surface area contributed by atoms with Gasteiger partial charge in [-0.3, -0.25) is 9.89 Å². The summed E-state index contributed by atoms with van der Waals surface area (Å²) in [6.45, 7) is 3.89. The first kappa shape index (κ1) is 13.7. The molecule has 0 atom stereocenters. The Kier molecular flexibility index (Phi) is 3.42. The van der Waals surface area contributed by atoms with Crippen LogP contribution in [0.3, 0.4) is 0 Å². The van der Waals surface area contributed by atoms with Crippen LogP contribution in [-0.4, -0.2) is 30.8 Å². The highest BCUT2D eigenvalue weighted by atomic mass is 32.2. The zero-order valence-corrected chi connectivity index (χ0v) is 12.4. The predicted molar refractivity (Wildman–Crippen MR) is 79.6 cm³/mol. The first-order valence-corrected chi connectivity index (χ1v) is 7.23. The third-order valence-electron chi connectivity index (χ3n) is 3.30. The van der Waals surface area contributed by atoms with Crippen LogP contribution in [0.4, 0.5) is 0 Å². The van der Waals surface area contributed by atoms with Crippen molar-refractivity contribution in [1.29, 1.82) is 0 Å². The number of hydrogen-bond acceptors (Lipinski definition) is 4. The molecule has 6 nitrogen and oxygen atoms in total. The van der Waals surface area contributed by atoms with Gasteiger partial charge in [0.1, 0.15) is 12.9 Å². The van der Waals surface area contributed by atoms with Gasteiger partial charge >= 0.3 is 5.97 Å². The van der Waals surface area contributed by atoms with E-state index in [1.54, 1.807) is 0 Å². The lowest BCUT2D eigenvalue weighted by Crippen LogP contribution is -2.09. The van der Waals surface area contributed by atoms with Crippen molar-refractivity contribution in [2.75, 3.05) is 0 Å². The van der Waals surface area contributed by atoms with Crippen molar-refractivity contribution >= 4 is 28.6 Å². The Morgan fingerprint density at radius 2 is 2.24 bits per heavy atom. The number of fused-ring (bicyclic) bond motifs is 1. The van der Waals surface area contributed by atoms with Gasteiger partial charge in [-0.2, -0.15) is 0 Å². The summed E-state index contributed by atoms with van der Waals surface area (Å²) in [6.07, 6.45) is 1.53. The molecule has 0 aliphatic heterocycles. The molecule has 1 aromatic carbocycles. The second kappa shape index (κ2) is 5.25. The number of aliphatic carboxylic acids is 1. The summed E-state index contributed by atoms with van der Waals surface area (Å²) >= 11 is 1.44. The van der Waals surface area contributed by atoms with Crippen molar-refractivity contribution in [2.45, 2.75) is 30.4 Å². The van der Waals surface area contributed by atoms with E-state index in [4.69, 9.17) is 5.11 Å². The molecule has 7 heteroatoms. The van der Waals surface area contributed by atoms with Gasteiger partial charge in [-0.1, -0.05) is 11.6 Å². The molecule has 3 rings (SSSR count). The third-order valence-corrected chi connectivity index (χ3v) is 4.40. The fourth-order valence-electron chi connectivity index (χ4n) is 2.37. The minimum atomic E-state index is -0.856. The second-order valence-corrected chi connectivity index (χ2v) is 5.78. The number of aromatic nitrogens is 4. The number of carboxylic acid groups (broad SMARTS) is 1. The van der Waals surface area contributed by atoms with Crippen molar-refractivity contribution in [1.82, 2.24) is 19.7 Å². The molecule has 2 aromatic heterocycles. The predicted octanol–water partition coefficient (Wildman–Crippen LogP) is 2.61. The fraction of sp³-hybridized carbons (Fsp3) is 0.214. The van der Waals surface area contributed by atoms with E-state index < -0.39 is 5.97 Å². The highest BCUT2D eigenvalue weighted by Crippen LogP contribution is 2.37. The van der Waals surface area contributed by atoms with Crippen LogP contribution in [0.15, 0.2) is 34.6 Å². The summed E-state index contributed by atoms with van der Waals surface area (Å²) in [5.74, 6) is -0.856. The molecule has 108 valence electrons. The van der Waals surface area contributed by atoms with Crippen LogP contribution in [0.25, 0.3) is 10.9 Å². The zero-order chi connectivity index (χ0) is 15.0. The molecule has 0 aliphatic rings. The number of aromatic amines is 1. The van der Waals surface area contributed by atoms with E-state index in [1.807, 2.05) is 30.5 Å². The number of H-pyrrole nitrogens is 1. The Balaban J connectivity index is 2.19. The number of rotatable bonds is 4. The van der Waals surface area contributed by atoms with E-state index in [0.29, 0.717) is 5.16 Å². The normalized spacial score (nSPS) is 11.1. The zero-order valence-electron chi connectivity index (χ0n) is 11.6. The van der Waals surface area contributed by atoms with Crippen LogP contribution in [0.2, 0.25) is 0 Å². The summed E-state index contributed by atoms with van der Waals surface area (Å²) < 4.78 is 1.81. The minimum Gasteiger partial charge on any atom is -0.480 e. The minimum absolute atomic E-state index is 0.0556. The van der Waals surface area contributed by atoms with Gasteiger partial charge < -0.3 is 9.67 Å². The molecular formula is C14H14N4O2S. The van der Waals surface area contributed by atoms with Gasteiger partial charge in [0.25, 0.3) is 0 Å². The topological polar surface area (TPSA) is 83.8 Å². The maximum atomic E-state index is 11.1.